The molecule has 8 aromatic rings. The summed E-state index contributed by atoms with van der Waals surface area (Å²) >= 11 is 0. The molecule has 2 amide bonds. The molecule has 0 saturated heterocycles. The number of carbonyl (C=O) groups is 2. The molecule has 0 atom stereocenters. The molecule has 0 radical (unpaired) electrons. The van der Waals surface area contributed by atoms with Crippen molar-refractivity contribution in [2.45, 2.75) is 13.5 Å². The lowest BCUT2D eigenvalue weighted by molar-refractivity contribution is -0.663. The summed E-state index contributed by atoms with van der Waals surface area (Å²) < 4.78 is 39.4. The fraction of sp³-hybridized carbons (Fsp3) is 0.120. The molecule has 0 aliphatic heterocycles. The zero-order valence-electron chi connectivity index (χ0n) is 34.6. The predicted molar refractivity (Wildman–Crippen MR) is 242 cm³/mol. The minimum atomic E-state index is -0.395. The quantitative estimate of drug-likeness (QED) is 0.0682. The van der Waals surface area contributed by atoms with E-state index >= 15 is 4.39 Å². The molecule has 0 aliphatic rings. The highest BCUT2D eigenvalue weighted by Crippen LogP contribution is 2.38. The molecule has 4 aromatic heterocycles. The molecular weight excluding hydrogens is 785 g/mol. The van der Waals surface area contributed by atoms with Gasteiger partial charge in [-0.05, 0) is 86.3 Å². The van der Waals surface area contributed by atoms with Crippen molar-refractivity contribution in [2.75, 3.05) is 38.4 Å². The van der Waals surface area contributed by atoms with E-state index in [0.717, 1.165) is 38.6 Å². The smallest absolute Gasteiger partial charge is 0.287 e. The predicted octanol–water partition coefficient (Wildman–Crippen LogP) is 9.82. The van der Waals surface area contributed by atoms with Gasteiger partial charge in [-0.1, -0.05) is 55.1 Å². The number of benzene rings is 4. The van der Waals surface area contributed by atoms with E-state index in [1.165, 1.54) is 25.3 Å². The van der Waals surface area contributed by atoms with Gasteiger partial charge in [0.05, 0.1) is 24.9 Å². The van der Waals surface area contributed by atoms with Gasteiger partial charge in [0.25, 0.3) is 5.65 Å². The molecule has 0 spiro atoms. The molecule has 0 aliphatic carbocycles. The number of ether oxygens (including phenoxy) is 1. The lowest BCUT2D eigenvalue weighted by Crippen LogP contribution is -2.36. The number of hydrogen-bond donors (Lipinski definition) is 4. The van der Waals surface area contributed by atoms with Crippen LogP contribution in [0.5, 0.6) is 5.75 Å². The third kappa shape index (κ3) is 8.49. The Morgan fingerprint density at radius 2 is 1.48 bits per heavy atom. The van der Waals surface area contributed by atoms with Crippen molar-refractivity contribution in [3.05, 3.63) is 163 Å². The van der Waals surface area contributed by atoms with Crippen molar-refractivity contribution < 1.29 is 27.7 Å². The van der Waals surface area contributed by atoms with Gasteiger partial charge in [0.1, 0.15) is 29.6 Å². The Labute approximate surface area is 357 Å². The molecule has 0 saturated carbocycles. The number of rotatable bonds is 13. The number of aryl methyl sites for hydroxylation is 1. The van der Waals surface area contributed by atoms with Gasteiger partial charge >= 0.3 is 0 Å². The number of nitrogens with one attached hydrogen (secondary N) is 4. The number of aromatic amines is 2. The Bertz CT molecular complexity index is 3060. The Morgan fingerprint density at radius 3 is 2.21 bits per heavy atom. The molecule has 0 bridgehead atoms. The minimum absolute atomic E-state index is 0.145. The lowest BCUT2D eigenvalue weighted by Gasteiger charge is -2.12. The standard InChI is InChI=1S/C50H43F2N7O3/c1-6-46(60)56-36-14-7-11-31(20-36)34-22-40-42(26-54-49(40)53-25-34)38-16-9-13-33(48(38)52)28-59-29-35(32-12-8-15-37(21-32)57-47(61)17-10-18-58(3)4)23-41-43(27-55-50(41)59)39-19-30(2)44(51)24-45(39)62-5/h6-17,19-27,29H,1,18,28H2,2-5H3,(H3,53,54,56,57,60,61)/p+1. The second-order valence-corrected chi connectivity index (χ2v) is 15.2. The zero-order valence-corrected chi connectivity index (χ0v) is 34.6. The van der Waals surface area contributed by atoms with Crippen molar-refractivity contribution in [2.24, 2.45) is 0 Å². The molecule has 4 heterocycles. The SMILES string of the molecule is C=CC(=O)Nc1cccc(-c2cnc3[nH]cc(-c4cccc(C[n+]5cc(-c6cccc(NC(=O)C=CCN(C)C)c6)cc6c(-c7cc(C)c(F)cc7OC)c[nH]c65)c4F)c3c2)c1. The maximum Gasteiger partial charge on any atom is 0.287 e. The van der Waals surface area contributed by atoms with Crippen LogP contribution < -0.4 is 19.9 Å². The van der Waals surface area contributed by atoms with Crippen molar-refractivity contribution >= 4 is 45.3 Å². The highest BCUT2D eigenvalue weighted by Gasteiger charge is 2.23. The molecular formula is C50H44F2N7O3+. The normalized spacial score (nSPS) is 11.5. The number of hydrogen-bond acceptors (Lipinski definition) is 5. The lowest BCUT2D eigenvalue weighted by atomic mass is 9.98. The van der Waals surface area contributed by atoms with Gasteiger partial charge < -0.3 is 25.3 Å². The Kier molecular flexibility index (Phi) is 11.6. The maximum absolute atomic E-state index is 17.1. The number of carbonyl (C=O) groups excluding carboxylic acids is 2. The first-order chi connectivity index (χ1) is 30.0. The summed E-state index contributed by atoms with van der Waals surface area (Å²) in [5.74, 6) is -0.961. The maximum atomic E-state index is 17.1. The monoisotopic (exact) mass is 828 g/mol. The molecule has 12 heteroatoms. The highest BCUT2D eigenvalue weighted by molar-refractivity contribution is 6.01. The fourth-order valence-electron chi connectivity index (χ4n) is 7.56. The summed E-state index contributed by atoms with van der Waals surface area (Å²) in [7, 11) is 5.37. The number of methoxy groups -OCH3 is 1. The van der Waals surface area contributed by atoms with Crippen molar-refractivity contribution in [3.8, 4) is 50.3 Å². The molecule has 62 heavy (non-hydrogen) atoms. The van der Waals surface area contributed by atoms with Crippen molar-refractivity contribution in [1.29, 1.82) is 0 Å². The van der Waals surface area contributed by atoms with Crippen LogP contribution in [0.1, 0.15) is 11.1 Å². The molecule has 10 nitrogen and oxygen atoms in total. The number of nitrogens with zero attached hydrogens (tertiary/aromatic N) is 3. The average Bonchev–Trinajstić information content (AvgIpc) is 3.89. The van der Waals surface area contributed by atoms with Crippen molar-refractivity contribution in [3.63, 3.8) is 0 Å². The van der Waals surface area contributed by atoms with Gasteiger partial charge in [-0.25, -0.2) is 23.3 Å². The topological polar surface area (TPSA) is 119 Å². The van der Waals surface area contributed by atoms with Gasteiger partial charge in [-0.2, -0.15) is 0 Å². The second kappa shape index (κ2) is 17.5. The number of aromatic nitrogens is 4. The molecule has 4 N–H and O–H groups in total. The van der Waals surface area contributed by atoms with Gasteiger partial charge in [0.2, 0.25) is 11.8 Å². The Hall–Kier alpha value is -7.70. The van der Waals surface area contributed by atoms with Crippen LogP contribution in [0.2, 0.25) is 0 Å². The number of fused-ring (bicyclic) bond motifs is 2. The van der Waals surface area contributed by atoms with E-state index in [2.05, 4.69) is 32.2 Å². The first-order valence-corrected chi connectivity index (χ1v) is 19.9. The van der Waals surface area contributed by atoms with Crippen LogP contribution in [-0.2, 0) is 16.1 Å². The summed E-state index contributed by atoms with van der Waals surface area (Å²) in [5, 5.41) is 7.28. The van der Waals surface area contributed by atoms with Crippen LogP contribution in [-0.4, -0.2) is 59.4 Å². The number of H-pyrrole nitrogens is 2. The third-order valence-electron chi connectivity index (χ3n) is 10.6. The number of likely N-dealkylation sites (N-methyl/N-ethyl adjacent to an activating group) is 1. The molecule has 310 valence electrons. The van der Waals surface area contributed by atoms with E-state index in [4.69, 9.17) is 4.74 Å². The zero-order chi connectivity index (χ0) is 43.5. The van der Waals surface area contributed by atoms with E-state index in [9.17, 15) is 14.0 Å². The minimum Gasteiger partial charge on any atom is -0.496 e. The number of halogens is 2. The summed E-state index contributed by atoms with van der Waals surface area (Å²) in [6.07, 6.45) is 11.8. The first kappa shape index (κ1) is 41.1. The summed E-state index contributed by atoms with van der Waals surface area (Å²) in [4.78, 5) is 38.0. The summed E-state index contributed by atoms with van der Waals surface area (Å²) in [5.41, 5.74) is 9.18. The van der Waals surface area contributed by atoms with E-state index in [1.54, 1.807) is 49.7 Å². The van der Waals surface area contributed by atoms with Gasteiger partial charge in [0.15, 0.2) is 0 Å². The van der Waals surface area contributed by atoms with Gasteiger partial charge in [0, 0.05) is 86.8 Å². The second-order valence-electron chi connectivity index (χ2n) is 15.2. The van der Waals surface area contributed by atoms with Crippen LogP contribution in [0.15, 0.2) is 141 Å². The average molecular weight is 829 g/mol. The molecule has 0 fully saturated rings. The van der Waals surface area contributed by atoms with E-state index in [-0.39, 0.29) is 24.2 Å². The van der Waals surface area contributed by atoms with Crippen LogP contribution in [0, 0.1) is 18.6 Å². The summed E-state index contributed by atoms with van der Waals surface area (Å²) in [6, 6.07) is 27.4. The molecule has 0 unspecified atom stereocenters. The van der Waals surface area contributed by atoms with Crippen LogP contribution >= 0.6 is 0 Å². The van der Waals surface area contributed by atoms with Crippen LogP contribution in [0.4, 0.5) is 20.2 Å². The Morgan fingerprint density at radius 1 is 0.806 bits per heavy atom. The van der Waals surface area contributed by atoms with Crippen molar-refractivity contribution in [1.82, 2.24) is 19.9 Å². The van der Waals surface area contributed by atoms with E-state index in [0.29, 0.717) is 62.8 Å². The van der Waals surface area contributed by atoms with Gasteiger partial charge in [-0.3, -0.25) is 9.59 Å². The number of pyridine rings is 2. The highest BCUT2D eigenvalue weighted by atomic mass is 19.1. The van der Waals surface area contributed by atoms with Crippen LogP contribution in [0.25, 0.3) is 66.6 Å². The van der Waals surface area contributed by atoms with E-state index in [1.807, 2.05) is 96.6 Å². The fourth-order valence-corrected chi connectivity index (χ4v) is 7.56. The molecule has 4 aromatic carbocycles. The third-order valence-corrected chi connectivity index (χ3v) is 10.6. The number of amides is 2. The number of anilines is 2. The molecule has 8 rings (SSSR count). The van der Waals surface area contributed by atoms with Crippen LogP contribution in [0.3, 0.4) is 0 Å². The largest absolute Gasteiger partial charge is 0.496 e. The Balaban J connectivity index is 1.20. The van der Waals surface area contributed by atoms with Gasteiger partial charge in [-0.15, -0.1) is 0 Å². The summed E-state index contributed by atoms with van der Waals surface area (Å²) in [6.45, 7) is 6.01. The van der Waals surface area contributed by atoms with E-state index < -0.39 is 5.82 Å². The first-order valence-electron chi connectivity index (χ1n) is 19.9.